The van der Waals surface area contributed by atoms with Gasteiger partial charge >= 0.3 is 11.8 Å². The predicted octanol–water partition coefficient (Wildman–Crippen LogP) is 2.74. The van der Waals surface area contributed by atoms with E-state index in [4.69, 9.17) is 9.47 Å². The van der Waals surface area contributed by atoms with Crippen LogP contribution in [0.25, 0.3) is 0 Å². The highest BCUT2D eigenvalue weighted by Gasteiger charge is 2.37. The molecule has 4 rings (SSSR count). The molecule has 0 spiro atoms. The molecular formula is C19H20N4O7S. The van der Waals surface area contributed by atoms with Crippen molar-refractivity contribution in [2.75, 3.05) is 25.6 Å². The second kappa shape index (κ2) is 7.95. The van der Waals surface area contributed by atoms with Crippen LogP contribution >= 0.6 is 11.3 Å². The third-order valence-corrected chi connectivity index (χ3v) is 6.35. The summed E-state index contributed by atoms with van der Waals surface area (Å²) in [6, 6.07) is 2.65. The number of fused-ring (bicyclic) bond motifs is 3. The number of amides is 2. The first-order valence-corrected chi connectivity index (χ1v) is 10.3. The van der Waals surface area contributed by atoms with Crippen LogP contribution in [0.5, 0.6) is 11.5 Å². The third kappa shape index (κ3) is 3.48. The maximum atomic E-state index is 12.9. The van der Waals surface area contributed by atoms with E-state index in [0.29, 0.717) is 30.1 Å². The highest BCUT2D eigenvalue weighted by atomic mass is 32.1. The number of carbonyl (C=O) groups is 2. The lowest BCUT2D eigenvalue weighted by molar-refractivity contribution is -0.386. The Kier molecular flexibility index (Phi) is 5.31. The minimum absolute atomic E-state index is 0.151. The predicted molar refractivity (Wildman–Crippen MR) is 111 cm³/mol. The maximum absolute atomic E-state index is 12.9. The number of phenolic OH excluding ortho intramolecular Hbond substituents is 1. The summed E-state index contributed by atoms with van der Waals surface area (Å²) in [5, 5.41) is 28.1. The Morgan fingerprint density at radius 1 is 1.42 bits per heavy atom. The molecule has 31 heavy (non-hydrogen) atoms. The van der Waals surface area contributed by atoms with Gasteiger partial charge in [-0.15, -0.1) is 11.3 Å². The number of anilines is 1. The number of nitro benzene ring substituents is 1. The van der Waals surface area contributed by atoms with Gasteiger partial charge in [-0.2, -0.15) is 0 Å². The summed E-state index contributed by atoms with van der Waals surface area (Å²) in [6.45, 7) is 2.79. The first-order chi connectivity index (χ1) is 14.8. The second-order valence-corrected chi connectivity index (χ2v) is 8.05. The summed E-state index contributed by atoms with van der Waals surface area (Å²) in [4.78, 5) is 38.4. The standard InChI is InChI=1S/C19H20N4O7S/c1-3-30-19(26)22-7-6-9-12(8-22)31-18-13(9)17(25)20-16(21-18)10-4-5-11(24)15(29-2)14(10)23(27)28/h4-5,16,21,24H,3,6-8H2,1-2H3,(H,20,25)/t16-/m1/s1. The van der Waals surface area contributed by atoms with E-state index in [1.165, 1.54) is 30.6 Å². The van der Waals surface area contributed by atoms with E-state index >= 15 is 0 Å². The van der Waals surface area contributed by atoms with Gasteiger partial charge < -0.3 is 30.1 Å². The Balaban J connectivity index is 1.68. The first kappa shape index (κ1) is 20.7. The van der Waals surface area contributed by atoms with E-state index in [1.54, 1.807) is 11.8 Å². The molecule has 3 N–H and O–H groups in total. The number of aromatic hydroxyl groups is 1. The molecule has 2 aliphatic rings. The summed E-state index contributed by atoms with van der Waals surface area (Å²) < 4.78 is 10.1. The molecule has 164 valence electrons. The van der Waals surface area contributed by atoms with Crippen molar-refractivity contribution < 1.29 is 29.1 Å². The average molecular weight is 448 g/mol. The van der Waals surface area contributed by atoms with Gasteiger partial charge in [-0.25, -0.2) is 4.79 Å². The monoisotopic (exact) mass is 448 g/mol. The second-order valence-electron chi connectivity index (χ2n) is 6.94. The number of phenols is 1. The zero-order valence-corrected chi connectivity index (χ0v) is 17.6. The van der Waals surface area contributed by atoms with E-state index in [-0.39, 0.29) is 29.6 Å². The molecule has 0 saturated heterocycles. The molecule has 2 aromatic rings. The van der Waals surface area contributed by atoms with Crippen LogP contribution in [0.1, 0.15) is 39.5 Å². The molecule has 0 aliphatic carbocycles. The lowest BCUT2D eigenvalue weighted by atomic mass is 10.00. The highest BCUT2D eigenvalue weighted by molar-refractivity contribution is 7.16. The normalized spacial score (nSPS) is 17.2. The molecule has 0 fully saturated rings. The van der Waals surface area contributed by atoms with Crippen molar-refractivity contribution in [3.63, 3.8) is 0 Å². The summed E-state index contributed by atoms with van der Waals surface area (Å²) >= 11 is 1.33. The Bertz CT molecular complexity index is 1080. The van der Waals surface area contributed by atoms with Crippen molar-refractivity contribution in [3.05, 3.63) is 43.8 Å². The number of nitrogens with one attached hydrogen (secondary N) is 2. The lowest BCUT2D eigenvalue weighted by Gasteiger charge is -2.28. The largest absolute Gasteiger partial charge is 0.504 e. The lowest BCUT2D eigenvalue weighted by Crippen LogP contribution is -2.39. The number of ether oxygens (including phenoxy) is 2. The fourth-order valence-electron chi connectivity index (χ4n) is 3.84. The van der Waals surface area contributed by atoms with Crippen molar-refractivity contribution in [2.45, 2.75) is 26.1 Å². The van der Waals surface area contributed by atoms with Crippen LogP contribution in [0.15, 0.2) is 12.1 Å². The van der Waals surface area contributed by atoms with Gasteiger partial charge in [0.15, 0.2) is 5.75 Å². The number of rotatable bonds is 4. The van der Waals surface area contributed by atoms with Crippen LogP contribution in [0, 0.1) is 10.1 Å². The van der Waals surface area contributed by atoms with Gasteiger partial charge in [-0.05, 0) is 31.0 Å². The van der Waals surface area contributed by atoms with Crippen LogP contribution in [-0.2, 0) is 17.7 Å². The van der Waals surface area contributed by atoms with Crippen LogP contribution in [0.3, 0.4) is 0 Å². The van der Waals surface area contributed by atoms with Gasteiger partial charge in [0.05, 0.1) is 36.3 Å². The van der Waals surface area contributed by atoms with Gasteiger partial charge in [0.2, 0.25) is 5.75 Å². The Hall–Kier alpha value is -3.54. The fourth-order valence-corrected chi connectivity index (χ4v) is 5.13. The molecular weight excluding hydrogens is 428 g/mol. The zero-order valence-electron chi connectivity index (χ0n) is 16.8. The number of nitrogens with zero attached hydrogens (tertiary/aromatic N) is 2. The molecule has 3 heterocycles. The molecule has 0 radical (unpaired) electrons. The van der Waals surface area contributed by atoms with Gasteiger partial charge in [-0.3, -0.25) is 14.9 Å². The van der Waals surface area contributed by atoms with Crippen molar-refractivity contribution in [2.24, 2.45) is 0 Å². The Morgan fingerprint density at radius 2 is 2.19 bits per heavy atom. The van der Waals surface area contributed by atoms with E-state index in [9.17, 15) is 24.8 Å². The van der Waals surface area contributed by atoms with Crippen molar-refractivity contribution >= 4 is 34.0 Å². The summed E-state index contributed by atoms with van der Waals surface area (Å²) in [5.74, 6) is -1.01. The molecule has 1 atom stereocenters. The van der Waals surface area contributed by atoms with Crippen molar-refractivity contribution in [1.29, 1.82) is 0 Å². The fraction of sp³-hybridized carbons (Fsp3) is 0.368. The van der Waals surface area contributed by atoms with Crippen LogP contribution in [0.2, 0.25) is 0 Å². The molecule has 0 unspecified atom stereocenters. The van der Waals surface area contributed by atoms with Gasteiger partial charge in [0.1, 0.15) is 11.2 Å². The molecule has 0 bridgehead atoms. The number of carbonyl (C=O) groups excluding carboxylic acids is 2. The maximum Gasteiger partial charge on any atom is 0.410 e. The Labute approximate surface area is 180 Å². The SMILES string of the molecule is CCOC(=O)N1CCc2c(sc3c2C(=O)N[C@@H](c2ccc(O)c(OC)c2[N+](=O)[O-])N3)C1. The topological polar surface area (TPSA) is 143 Å². The van der Waals surface area contributed by atoms with Gasteiger partial charge in [0.25, 0.3) is 5.91 Å². The summed E-state index contributed by atoms with van der Waals surface area (Å²) in [6.07, 6.45) is -0.787. The molecule has 1 aromatic heterocycles. The van der Waals surface area contributed by atoms with Crippen LogP contribution in [-0.4, -0.2) is 47.2 Å². The van der Waals surface area contributed by atoms with E-state index in [2.05, 4.69) is 10.6 Å². The van der Waals surface area contributed by atoms with Gasteiger partial charge in [0, 0.05) is 11.4 Å². The molecule has 11 nitrogen and oxygen atoms in total. The molecule has 12 heteroatoms. The number of benzene rings is 1. The van der Waals surface area contributed by atoms with E-state index in [0.717, 1.165) is 10.4 Å². The number of hydrogen-bond acceptors (Lipinski definition) is 9. The number of thiophene rings is 1. The van der Waals surface area contributed by atoms with Crippen molar-refractivity contribution in [1.82, 2.24) is 10.2 Å². The quantitative estimate of drug-likeness (QED) is 0.478. The number of hydrogen-bond donors (Lipinski definition) is 3. The molecule has 0 saturated carbocycles. The van der Waals surface area contributed by atoms with Crippen LogP contribution in [0.4, 0.5) is 15.5 Å². The Morgan fingerprint density at radius 3 is 2.87 bits per heavy atom. The average Bonchev–Trinajstić information content (AvgIpc) is 3.11. The number of methoxy groups -OCH3 is 1. The number of nitro groups is 1. The zero-order chi connectivity index (χ0) is 22.3. The van der Waals surface area contributed by atoms with Crippen LogP contribution < -0.4 is 15.4 Å². The minimum Gasteiger partial charge on any atom is -0.504 e. The van der Waals surface area contributed by atoms with Crippen molar-refractivity contribution in [3.8, 4) is 11.5 Å². The first-order valence-electron chi connectivity index (χ1n) is 9.53. The van der Waals surface area contributed by atoms with E-state index < -0.39 is 22.9 Å². The molecule has 2 aliphatic heterocycles. The third-order valence-electron chi connectivity index (χ3n) is 5.20. The molecule has 1 aromatic carbocycles. The minimum atomic E-state index is -0.892. The summed E-state index contributed by atoms with van der Waals surface area (Å²) in [7, 11) is 1.22. The van der Waals surface area contributed by atoms with Gasteiger partial charge in [-0.1, -0.05) is 0 Å². The molecule has 2 amide bonds. The highest BCUT2D eigenvalue weighted by Crippen LogP contribution is 2.45. The summed E-state index contributed by atoms with van der Waals surface area (Å²) in [5.41, 5.74) is 1.08. The van der Waals surface area contributed by atoms with E-state index in [1.807, 2.05) is 0 Å². The smallest absolute Gasteiger partial charge is 0.410 e.